The Labute approximate surface area is 139 Å². The van der Waals surface area contributed by atoms with Gasteiger partial charge in [-0.1, -0.05) is 42.5 Å². The molecule has 3 N–H and O–H groups in total. The SMILES string of the molecule is O=C(O)CCC(NCc1cccc2c1Cc1ccccc1-2)C(=O)O. The van der Waals surface area contributed by atoms with Gasteiger partial charge in [-0.15, -0.1) is 0 Å². The summed E-state index contributed by atoms with van der Waals surface area (Å²) in [6.45, 7) is 0.410. The first-order valence-electron chi connectivity index (χ1n) is 7.93. The van der Waals surface area contributed by atoms with Crippen molar-refractivity contribution in [2.24, 2.45) is 0 Å². The number of nitrogens with one attached hydrogen (secondary N) is 1. The summed E-state index contributed by atoms with van der Waals surface area (Å²) in [5.74, 6) is -2.01. The van der Waals surface area contributed by atoms with Crippen molar-refractivity contribution < 1.29 is 19.8 Å². The van der Waals surface area contributed by atoms with Gasteiger partial charge in [0.25, 0.3) is 0 Å². The number of carbonyl (C=O) groups is 2. The number of hydrogen-bond donors (Lipinski definition) is 3. The van der Waals surface area contributed by atoms with Crippen LogP contribution < -0.4 is 5.32 Å². The summed E-state index contributed by atoms with van der Waals surface area (Å²) >= 11 is 0. The molecule has 1 aliphatic carbocycles. The van der Waals surface area contributed by atoms with Gasteiger partial charge in [0.05, 0.1) is 0 Å². The predicted octanol–water partition coefficient (Wildman–Crippen LogP) is 2.67. The summed E-state index contributed by atoms with van der Waals surface area (Å²) in [5, 5.41) is 21.0. The molecule has 0 fully saturated rings. The zero-order valence-electron chi connectivity index (χ0n) is 13.2. The minimum absolute atomic E-state index is 0.0694. The Balaban J connectivity index is 1.75. The summed E-state index contributed by atoms with van der Waals surface area (Å²) in [6, 6.07) is 13.5. The van der Waals surface area contributed by atoms with Gasteiger partial charge >= 0.3 is 11.9 Å². The van der Waals surface area contributed by atoms with Gasteiger partial charge in [-0.25, -0.2) is 0 Å². The lowest BCUT2D eigenvalue weighted by Gasteiger charge is -2.15. The Hall–Kier alpha value is -2.66. The molecule has 0 saturated carbocycles. The van der Waals surface area contributed by atoms with Crippen LogP contribution in [0.3, 0.4) is 0 Å². The lowest BCUT2D eigenvalue weighted by atomic mass is 10.0. The molecule has 0 aromatic heterocycles. The zero-order valence-corrected chi connectivity index (χ0v) is 13.2. The topological polar surface area (TPSA) is 86.6 Å². The third-order valence-electron chi connectivity index (χ3n) is 4.43. The maximum Gasteiger partial charge on any atom is 0.320 e. The fourth-order valence-corrected chi connectivity index (χ4v) is 3.20. The number of rotatable bonds is 7. The van der Waals surface area contributed by atoms with Crippen LogP contribution in [0.25, 0.3) is 11.1 Å². The zero-order chi connectivity index (χ0) is 17.1. The fourth-order valence-electron chi connectivity index (χ4n) is 3.20. The van der Waals surface area contributed by atoms with Crippen molar-refractivity contribution in [3.05, 3.63) is 59.2 Å². The van der Waals surface area contributed by atoms with E-state index < -0.39 is 18.0 Å². The van der Waals surface area contributed by atoms with Crippen molar-refractivity contribution in [3.8, 4) is 11.1 Å². The summed E-state index contributed by atoms with van der Waals surface area (Å²) < 4.78 is 0. The molecule has 5 heteroatoms. The Morgan fingerprint density at radius 1 is 1.04 bits per heavy atom. The average molecular weight is 325 g/mol. The molecule has 24 heavy (non-hydrogen) atoms. The molecule has 3 rings (SSSR count). The summed E-state index contributed by atoms with van der Waals surface area (Å²) in [5.41, 5.74) is 5.98. The summed E-state index contributed by atoms with van der Waals surface area (Å²) in [7, 11) is 0. The fraction of sp³-hybridized carbons (Fsp3) is 0.263. The highest BCUT2D eigenvalue weighted by molar-refractivity contribution is 5.78. The minimum Gasteiger partial charge on any atom is -0.481 e. The third-order valence-corrected chi connectivity index (χ3v) is 4.43. The predicted molar refractivity (Wildman–Crippen MR) is 89.8 cm³/mol. The Bertz CT molecular complexity index is 785. The van der Waals surface area contributed by atoms with Crippen LogP contribution in [0.1, 0.15) is 29.5 Å². The van der Waals surface area contributed by atoms with E-state index >= 15 is 0 Å². The molecule has 124 valence electrons. The monoisotopic (exact) mass is 325 g/mol. The molecule has 0 aliphatic heterocycles. The molecular formula is C19H19NO4. The second kappa shape index (κ2) is 6.84. The average Bonchev–Trinajstić information content (AvgIpc) is 2.93. The maximum atomic E-state index is 11.3. The summed E-state index contributed by atoms with van der Waals surface area (Å²) in [4.78, 5) is 21.9. The largest absolute Gasteiger partial charge is 0.481 e. The molecule has 5 nitrogen and oxygen atoms in total. The lowest BCUT2D eigenvalue weighted by molar-refractivity contribution is -0.140. The van der Waals surface area contributed by atoms with Crippen molar-refractivity contribution in [2.75, 3.05) is 0 Å². The van der Waals surface area contributed by atoms with Crippen molar-refractivity contribution >= 4 is 11.9 Å². The van der Waals surface area contributed by atoms with Gasteiger partial charge in [0.1, 0.15) is 6.04 Å². The van der Waals surface area contributed by atoms with Crippen LogP contribution in [-0.2, 0) is 22.6 Å². The first kappa shape index (κ1) is 16.2. The number of carboxylic acid groups (broad SMARTS) is 2. The van der Waals surface area contributed by atoms with Gasteiger partial charge in [0.15, 0.2) is 0 Å². The van der Waals surface area contributed by atoms with Crippen molar-refractivity contribution in [1.82, 2.24) is 5.32 Å². The van der Waals surface area contributed by atoms with E-state index in [4.69, 9.17) is 5.11 Å². The normalized spacial score (nSPS) is 13.2. The highest BCUT2D eigenvalue weighted by Gasteiger charge is 2.22. The Kier molecular flexibility index (Phi) is 4.62. The standard InChI is InChI=1S/C19H19NO4/c21-18(22)9-8-17(19(23)24)20-11-13-5-3-7-15-14-6-2-1-4-12(14)10-16(13)15/h1-7,17,20H,8-11H2,(H,21,22)(H,23,24). The molecule has 0 amide bonds. The number of benzene rings is 2. The highest BCUT2D eigenvalue weighted by atomic mass is 16.4. The van der Waals surface area contributed by atoms with Gasteiger partial charge in [-0.3, -0.25) is 9.59 Å². The first-order chi connectivity index (χ1) is 11.6. The van der Waals surface area contributed by atoms with Gasteiger partial charge in [-0.05, 0) is 40.7 Å². The smallest absolute Gasteiger partial charge is 0.320 e. The molecule has 1 aliphatic rings. The van der Waals surface area contributed by atoms with E-state index in [1.165, 1.54) is 22.3 Å². The van der Waals surface area contributed by atoms with Crippen LogP contribution in [-0.4, -0.2) is 28.2 Å². The Morgan fingerprint density at radius 2 is 1.79 bits per heavy atom. The molecule has 1 unspecified atom stereocenters. The summed E-state index contributed by atoms with van der Waals surface area (Å²) in [6.07, 6.45) is 0.748. The van der Waals surface area contributed by atoms with E-state index in [-0.39, 0.29) is 12.8 Å². The molecular weight excluding hydrogens is 306 g/mol. The minimum atomic E-state index is -1.02. The number of fused-ring (bicyclic) bond motifs is 3. The highest BCUT2D eigenvalue weighted by Crippen LogP contribution is 2.37. The van der Waals surface area contributed by atoms with Gasteiger partial charge in [-0.2, -0.15) is 0 Å². The van der Waals surface area contributed by atoms with E-state index in [0.717, 1.165) is 12.0 Å². The van der Waals surface area contributed by atoms with Crippen molar-refractivity contribution in [3.63, 3.8) is 0 Å². The van der Waals surface area contributed by atoms with Crippen LogP contribution in [0.5, 0.6) is 0 Å². The van der Waals surface area contributed by atoms with Crippen LogP contribution in [0.15, 0.2) is 42.5 Å². The number of carboxylic acids is 2. The van der Waals surface area contributed by atoms with E-state index in [0.29, 0.717) is 6.54 Å². The third kappa shape index (κ3) is 3.31. The van der Waals surface area contributed by atoms with Crippen LogP contribution in [0.4, 0.5) is 0 Å². The molecule has 2 aromatic carbocycles. The van der Waals surface area contributed by atoms with Crippen LogP contribution in [0, 0.1) is 0 Å². The molecule has 0 saturated heterocycles. The van der Waals surface area contributed by atoms with Gasteiger partial charge in [0, 0.05) is 13.0 Å². The molecule has 0 bridgehead atoms. The molecule has 0 heterocycles. The van der Waals surface area contributed by atoms with Gasteiger partial charge < -0.3 is 15.5 Å². The van der Waals surface area contributed by atoms with Crippen molar-refractivity contribution in [1.29, 1.82) is 0 Å². The molecule has 0 spiro atoms. The van der Waals surface area contributed by atoms with E-state index in [2.05, 4.69) is 23.5 Å². The quantitative estimate of drug-likeness (QED) is 0.622. The van der Waals surface area contributed by atoms with Crippen LogP contribution in [0.2, 0.25) is 0 Å². The van der Waals surface area contributed by atoms with E-state index in [1.54, 1.807) is 0 Å². The second-order valence-corrected chi connectivity index (χ2v) is 5.98. The number of hydrogen-bond acceptors (Lipinski definition) is 3. The second-order valence-electron chi connectivity index (χ2n) is 5.98. The van der Waals surface area contributed by atoms with Crippen LogP contribution >= 0.6 is 0 Å². The van der Waals surface area contributed by atoms with Crippen molar-refractivity contribution in [2.45, 2.75) is 31.8 Å². The number of aliphatic carboxylic acids is 2. The lowest BCUT2D eigenvalue weighted by Crippen LogP contribution is -2.36. The molecule has 1 atom stereocenters. The molecule has 2 aromatic rings. The molecule has 0 radical (unpaired) electrons. The van der Waals surface area contributed by atoms with E-state index in [1.807, 2.05) is 24.3 Å². The first-order valence-corrected chi connectivity index (χ1v) is 7.93. The van der Waals surface area contributed by atoms with E-state index in [9.17, 15) is 14.7 Å². The maximum absolute atomic E-state index is 11.3. The van der Waals surface area contributed by atoms with Gasteiger partial charge in [0.2, 0.25) is 0 Å². The Morgan fingerprint density at radius 3 is 2.54 bits per heavy atom.